The van der Waals surface area contributed by atoms with Crippen molar-refractivity contribution in [3.63, 3.8) is 0 Å². The van der Waals surface area contributed by atoms with Gasteiger partial charge in [-0.3, -0.25) is 5.32 Å². The Morgan fingerprint density at radius 3 is 2.09 bits per heavy atom. The van der Waals surface area contributed by atoms with Gasteiger partial charge in [0.15, 0.2) is 5.13 Å². The van der Waals surface area contributed by atoms with Crippen molar-refractivity contribution in [2.75, 3.05) is 5.32 Å². The van der Waals surface area contributed by atoms with Gasteiger partial charge in [0.05, 0.1) is 0 Å². The molecule has 5 heteroatoms. The van der Waals surface area contributed by atoms with Crippen molar-refractivity contribution in [1.82, 2.24) is 9.88 Å². The van der Waals surface area contributed by atoms with Gasteiger partial charge in [-0.2, -0.15) is 0 Å². The van der Waals surface area contributed by atoms with Crippen LogP contribution in [0.25, 0.3) is 0 Å². The maximum Gasteiger partial charge on any atom is 0.324 e. The van der Waals surface area contributed by atoms with Gasteiger partial charge in [-0.15, -0.1) is 11.3 Å². The first-order valence-corrected chi connectivity index (χ1v) is 9.57. The number of hydrogen-bond donors (Lipinski definition) is 1. The summed E-state index contributed by atoms with van der Waals surface area (Å²) in [6.07, 6.45) is 14.2. The standard InChI is InChI=1S/C17H27N3OS/c1-13-12-18-16(22-13)19-17(21)20(14-8-4-2-5-9-14)15-10-6-3-7-11-15/h12,14-15H,2-11H2,1H3,(H,18,19,21). The number of urea groups is 1. The summed E-state index contributed by atoms with van der Waals surface area (Å²) < 4.78 is 0. The van der Waals surface area contributed by atoms with E-state index in [-0.39, 0.29) is 6.03 Å². The highest BCUT2D eigenvalue weighted by molar-refractivity contribution is 7.15. The summed E-state index contributed by atoms with van der Waals surface area (Å²) in [6.45, 7) is 2.02. The average molecular weight is 321 g/mol. The second-order valence-electron chi connectivity index (χ2n) is 6.70. The molecule has 0 atom stereocenters. The highest BCUT2D eigenvalue weighted by Crippen LogP contribution is 2.31. The summed E-state index contributed by atoms with van der Waals surface area (Å²) in [6, 6.07) is 0.934. The highest BCUT2D eigenvalue weighted by Gasteiger charge is 2.32. The Bertz CT molecular complexity index is 472. The zero-order chi connectivity index (χ0) is 15.4. The molecular weight excluding hydrogens is 294 g/mol. The maximum atomic E-state index is 12.9. The minimum absolute atomic E-state index is 0.0770. The van der Waals surface area contributed by atoms with Crippen molar-refractivity contribution in [3.8, 4) is 0 Å². The number of aryl methyl sites for hydroxylation is 1. The minimum atomic E-state index is 0.0770. The third kappa shape index (κ3) is 3.80. The van der Waals surface area contributed by atoms with E-state index in [2.05, 4.69) is 15.2 Å². The number of nitrogens with one attached hydrogen (secondary N) is 1. The number of rotatable bonds is 3. The summed E-state index contributed by atoms with van der Waals surface area (Å²) in [7, 11) is 0. The first-order chi connectivity index (χ1) is 10.7. The summed E-state index contributed by atoms with van der Waals surface area (Å²) >= 11 is 1.56. The van der Waals surface area contributed by atoms with E-state index >= 15 is 0 Å². The largest absolute Gasteiger partial charge is 0.324 e. The molecule has 1 aromatic rings. The van der Waals surface area contributed by atoms with Gasteiger partial charge in [-0.25, -0.2) is 9.78 Å². The van der Waals surface area contributed by atoms with Crippen LogP contribution in [-0.2, 0) is 0 Å². The molecule has 0 radical (unpaired) electrons. The van der Waals surface area contributed by atoms with E-state index in [0.29, 0.717) is 12.1 Å². The number of aromatic nitrogens is 1. The molecule has 1 N–H and O–H groups in total. The first kappa shape index (κ1) is 15.8. The van der Waals surface area contributed by atoms with Crippen LogP contribution >= 0.6 is 11.3 Å². The third-order valence-corrected chi connectivity index (χ3v) is 5.83. The maximum absolute atomic E-state index is 12.9. The second-order valence-corrected chi connectivity index (χ2v) is 7.93. The van der Waals surface area contributed by atoms with E-state index in [9.17, 15) is 4.79 Å². The van der Waals surface area contributed by atoms with Crippen molar-refractivity contribution in [2.45, 2.75) is 83.2 Å². The van der Waals surface area contributed by atoms with Crippen molar-refractivity contribution in [3.05, 3.63) is 11.1 Å². The molecule has 2 aliphatic carbocycles. The monoisotopic (exact) mass is 321 g/mol. The molecule has 4 nitrogen and oxygen atoms in total. The Morgan fingerprint density at radius 1 is 1.09 bits per heavy atom. The molecule has 22 heavy (non-hydrogen) atoms. The Morgan fingerprint density at radius 2 is 1.64 bits per heavy atom. The van der Waals surface area contributed by atoms with Crippen molar-refractivity contribution in [1.29, 1.82) is 0 Å². The van der Waals surface area contributed by atoms with E-state index in [1.54, 1.807) is 11.3 Å². The lowest BCUT2D eigenvalue weighted by atomic mass is 9.89. The van der Waals surface area contributed by atoms with Crippen LogP contribution in [0.5, 0.6) is 0 Å². The van der Waals surface area contributed by atoms with Gasteiger partial charge in [-0.1, -0.05) is 38.5 Å². The third-order valence-electron chi connectivity index (χ3n) is 5.01. The van der Waals surface area contributed by atoms with E-state index in [0.717, 1.165) is 10.0 Å². The molecule has 2 aliphatic rings. The first-order valence-electron chi connectivity index (χ1n) is 8.76. The summed E-state index contributed by atoms with van der Waals surface area (Å²) in [5, 5.41) is 3.79. The van der Waals surface area contributed by atoms with Crippen LogP contribution in [0.2, 0.25) is 0 Å². The number of amides is 2. The Hall–Kier alpha value is -1.10. The molecule has 2 amide bonds. The molecule has 1 heterocycles. The molecule has 2 fully saturated rings. The Kier molecular flexibility index (Phi) is 5.34. The number of carbonyl (C=O) groups is 1. The normalized spacial score (nSPS) is 20.8. The topological polar surface area (TPSA) is 45.2 Å². The number of nitrogens with zero attached hydrogens (tertiary/aromatic N) is 2. The van der Waals surface area contributed by atoms with E-state index < -0.39 is 0 Å². The molecular formula is C17H27N3OS. The predicted molar refractivity (Wildman–Crippen MR) is 91.5 cm³/mol. The molecule has 0 unspecified atom stereocenters. The Balaban J connectivity index is 1.72. The van der Waals surface area contributed by atoms with Gasteiger partial charge in [-0.05, 0) is 32.6 Å². The molecule has 0 saturated heterocycles. The summed E-state index contributed by atoms with van der Waals surface area (Å²) in [5.41, 5.74) is 0. The van der Waals surface area contributed by atoms with E-state index in [1.807, 2.05) is 13.1 Å². The minimum Gasteiger partial charge on any atom is -0.319 e. The van der Waals surface area contributed by atoms with Gasteiger partial charge in [0.2, 0.25) is 0 Å². The van der Waals surface area contributed by atoms with Crippen LogP contribution in [0.1, 0.15) is 69.1 Å². The van der Waals surface area contributed by atoms with Crippen LogP contribution in [0.15, 0.2) is 6.20 Å². The lowest BCUT2D eigenvalue weighted by Crippen LogP contribution is -2.50. The number of hydrogen-bond acceptors (Lipinski definition) is 3. The van der Waals surface area contributed by atoms with Crippen LogP contribution in [0, 0.1) is 6.92 Å². The van der Waals surface area contributed by atoms with Gasteiger partial charge >= 0.3 is 6.03 Å². The quantitative estimate of drug-likeness (QED) is 0.856. The zero-order valence-corrected chi connectivity index (χ0v) is 14.3. The van der Waals surface area contributed by atoms with Crippen molar-refractivity contribution in [2.24, 2.45) is 0 Å². The lowest BCUT2D eigenvalue weighted by molar-refractivity contribution is 0.114. The fourth-order valence-corrected chi connectivity index (χ4v) is 4.57. The number of carbonyl (C=O) groups excluding carboxylic acids is 1. The SMILES string of the molecule is Cc1cnc(NC(=O)N(C2CCCCC2)C2CCCCC2)s1. The van der Waals surface area contributed by atoms with Gasteiger partial charge < -0.3 is 4.90 Å². The van der Waals surface area contributed by atoms with Crippen LogP contribution in [0.4, 0.5) is 9.93 Å². The highest BCUT2D eigenvalue weighted by atomic mass is 32.1. The van der Waals surface area contributed by atoms with Gasteiger partial charge in [0.1, 0.15) is 0 Å². The molecule has 122 valence electrons. The van der Waals surface area contributed by atoms with Crippen molar-refractivity contribution < 1.29 is 4.79 Å². The number of thiazole rings is 1. The van der Waals surface area contributed by atoms with E-state index in [4.69, 9.17) is 0 Å². The zero-order valence-electron chi connectivity index (χ0n) is 13.5. The predicted octanol–water partition coefficient (Wildman–Crippen LogP) is 4.95. The Labute approximate surface area is 137 Å². The van der Waals surface area contributed by atoms with Gasteiger partial charge in [0, 0.05) is 23.2 Å². The van der Waals surface area contributed by atoms with Crippen molar-refractivity contribution >= 4 is 22.5 Å². The second kappa shape index (κ2) is 7.44. The average Bonchev–Trinajstić information content (AvgIpc) is 2.95. The fourth-order valence-electron chi connectivity index (χ4n) is 3.92. The molecule has 0 aliphatic heterocycles. The smallest absolute Gasteiger partial charge is 0.319 e. The lowest BCUT2D eigenvalue weighted by Gasteiger charge is -2.41. The molecule has 0 aromatic carbocycles. The van der Waals surface area contributed by atoms with Crippen LogP contribution in [0.3, 0.4) is 0 Å². The summed E-state index contributed by atoms with van der Waals surface area (Å²) in [5.74, 6) is 0. The summed E-state index contributed by atoms with van der Waals surface area (Å²) in [4.78, 5) is 20.5. The molecule has 1 aromatic heterocycles. The number of anilines is 1. The van der Waals surface area contributed by atoms with E-state index in [1.165, 1.54) is 64.2 Å². The molecule has 0 spiro atoms. The molecule has 0 bridgehead atoms. The molecule has 3 rings (SSSR count). The van der Waals surface area contributed by atoms with Gasteiger partial charge in [0.25, 0.3) is 0 Å². The van der Waals surface area contributed by atoms with Crippen LogP contribution < -0.4 is 5.32 Å². The molecule has 2 saturated carbocycles. The fraction of sp³-hybridized carbons (Fsp3) is 0.765. The van der Waals surface area contributed by atoms with Crippen LogP contribution in [-0.4, -0.2) is 28.0 Å².